The fraction of sp³-hybridized carbons (Fsp3) is 0.346. The van der Waals surface area contributed by atoms with Crippen molar-refractivity contribution in [2.45, 2.75) is 44.9 Å². The molecule has 0 saturated heterocycles. The van der Waals surface area contributed by atoms with Gasteiger partial charge in [0, 0.05) is 10.6 Å². The van der Waals surface area contributed by atoms with Gasteiger partial charge in [0.1, 0.15) is 5.75 Å². The Morgan fingerprint density at radius 2 is 1.78 bits per heavy atom. The lowest BCUT2D eigenvalue weighted by Gasteiger charge is -2.22. The summed E-state index contributed by atoms with van der Waals surface area (Å²) in [5.74, 6) is 1.84. The molecule has 0 spiro atoms. The maximum absolute atomic E-state index is 12.7. The van der Waals surface area contributed by atoms with Gasteiger partial charge in [-0.1, -0.05) is 55.8 Å². The molecule has 1 saturated carbocycles. The largest absolute Gasteiger partial charge is 0.497 e. The first-order valence-electron chi connectivity index (χ1n) is 11.2. The van der Waals surface area contributed by atoms with E-state index in [9.17, 15) is 4.79 Å². The molecule has 1 N–H and O–H groups in total. The molecule has 0 aliphatic heterocycles. The first-order chi connectivity index (χ1) is 15.6. The Morgan fingerprint density at radius 1 is 1.06 bits per heavy atom. The van der Waals surface area contributed by atoms with Gasteiger partial charge in [0.05, 0.1) is 31.1 Å². The minimum Gasteiger partial charge on any atom is -0.497 e. The summed E-state index contributed by atoms with van der Waals surface area (Å²) in [4.78, 5) is 22.3. The summed E-state index contributed by atoms with van der Waals surface area (Å²) >= 11 is 5.95. The van der Waals surface area contributed by atoms with Crippen LogP contribution in [0.4, 0.5) is 5.82 Å². The lowest BCUT2D eigenvalue weighted by molar-refractivity contribution is -0.115. The summed E-state index contributed by atoms with van der Waals surface area (Å²) in [5, 5.41) is 3.65. The molecule has 0 bridgehead atoms. The van der Waals surface area contributed by atoms with Crippen LogP contribution in [0.1, 0.15) is 43.4 Å². The number of carbonyl (C=O) groups is 1. The molecule has 1 aliphatic rings. The average molecular weight is 450 g/mol. The highest BCUT2D eigenvalue weighted by molar-refractivity contribution is 6.30. The van der Waals surface area contributed by atoms with E-state index in [1.165, 1.54) is 32.1 Å². The van der Waals surface area contributed by atoms with Crippen molar-refractivity contribution in [1.29, 1.82) is 0 Å². The molecule has 2 aromatic carbocycles. The number of rotatable bonds is 7. The Kier molecular flexibility index (Phi) is 7.38. The fourth-order valence-corrected chi connectivity index (χ4v) is 4.33. The van der Waals surface area contributed by atoms with Crippen molar-refractivity contribution >= 4 is 23.3 Å². The highest BCUT2D eigenvalue weighted by Crippen LogP contribution is 2.29. The van der Waals surface area contributed by atoms with Crippen molar-refractivity contribution in [2.24, 2.45) is 5.92 Å². The zero-order valence-electron chi connectivity index (χ0n) is 18.3. The number of halogens is 1. The standard InChI is InChI=1S/C26H28ClN3O2/c1-32-22-13-9-20(10-14-22)24-17-28-26(23(29-24)15-18-5-3-2-4-6-18)30-25(31)16-19-7-11-21(27)12-8-19/h7-14,17-18H,2-6,15-16H2,1H3,(H,28,30,31). The Hall–Kier alpha value is -2.92. The summed E-state index contributed by atoms with van der Waals surface area (Å²) in [5.41, 5.74) is 3.54. The minimum absolute atomic E-state index is 0.108. The second-order valence-electron chi connectivity index (χ2n) is 8.34. The summed E-state index contributed by atoms with van der Waals surface area (Å²) in [6.07, 6.45) is 9.04. The number of hydrogen-bond acceptors (Lipinski definition) is 4. The van der Waals surface area contributed by atoms with Gasteiger partial charge in [0.25, 0.3) is 0 Å². The molecule has 32 heavy (non-hydrogen) atoms. The number of aromatic nitrogens is 2. The van der Waals surface area contributed by atoms with E-state index in [0.29, 0.717) is 16.8 Å². The van der Waals surface area contributed by atoms with Gasteiger partial charge in [-0.25, -0.2) is 9.97 Å². The normalized spacial score (nSPS) is 14.2. The Morgan fingerprint density at radius 3 is 2.47 bits per heavy atom. The smallest absolute Gasteiger partial charge is 0.229 e. The number of hydrogen-bond donors (Lipinski definition) is 1. The van der Waals surface area contributed by atoms with Crippen LogP contribution in [0.5, 0.6) is 5.75 Å². The zero-order valence-corrected chi connectivity index (χ0v) is 19.1. The number of anilines is 1. The average Bonchev–Trinajstić information content (AvgIpc) is 2.82. The number of amides is 1. The van der Waals surface area contributed by atoms with Crippen molar-refractivity contribution in [3.63, 3.8) is 0 Å². The van der Waals surface area contributed by atoms with E-state index in [0.717, 1.165) is 34.7 Å². The van der Waals surface area contributed by atoms with E-state index in [4.69, 9.17) is 21.3 Å². The molecular formula is C26H28ClN3O2. The van der Waals surface area contributed by atoms with Crippen LogP contribution in [0.3, 0.4) is 0 Å². The number of benzene rings is 2. The molecule has 5 nitrogen and oxygen atoms in total. The van der Waals surface area contributed by atoms with Crippen LogP contribution in [0.25, 0.3) is 11.3 Å². The van der Waals surface area contributed by atoms with E-state index in [-0.39, 0.29) is 12.3 Å². The molecule has 1 aliphatic carbocycles. The van der Waals surface area contributed by atoms with Gasteiger partial charge in [0.2, 0.25) is 5.91 Å². The number of nitrogens with zero attached hydrogens (tertiary/aromatic N) is 2. The third kappa shape index (κ3) is 5.86. The van der Waals surface area contributed by atoms with E-state index in [1.807, 2.05) is 36.4 Å². The molecule has 1 amide bonds. The fourth-order valence-electron chi connectivity index (χ4n) is 4.20. The quantitative estimate of drug-likeness (QED) is 0.472. The second-order valence-corrected chi connectivity index (χ2v) is 8.78. The topological polar surface area (TPSA) is 64.1 Å². The molecule has 1 heterocycles. The van der Waals surface area contributed by atoms with E-state index in [2.05, 4.69) is 10.3 Å². The number of nitrogens with one attached hydrogen (secondary N) is 1. The van der Waals surface area contributed by atoms with Crippen molar-refractivity contribution < 1.29 is 9.53 Å². The molecule has 0 atom stereocenters. The van der Waals surface area contributed by atoms with Gasteiger partial charge in [-0.2, -0.15) is 0 Å². The first-order valence-corrected chi connectivity index (χ1v) is 11.5. The monoisotopic (exact) mass is 449 g/mol. The molecule has 3 aromatic rings. The third-order valence-corrected chi connectivity index (χ3v) is 6.22. The van der Waals surface area contributed by atoms with Crippen LogP contribution in [0.2, 0.25) is 5.02 Å². The predicted molar refractivity (Wildman–Crippen MR) is 128 cm³/mol. The second kappa shape index (κ2) is 10.6. The van der Waals surface area contributed by atoms with Gasteiger partial charge in [-0.05, 0) is 54.3 Å². The van der Waals surface area contributed by atoms with Crippen molar-refractivity contribution in [1.82, 2.24) is 9.97 Å². The summed E-state index contributed by atoms with van der Waals surface area (Å²) in [7, 11) is 1.65. The molecule has 6 heteroatoms. The molecule has 1 fully saturated rings. The van der Waals surface area contributed by atoms with Gasteiger partial charge < -0.3 is 10.1 Å². The SMILES string of the molecule is COc1ccc(-c2cnc(NC(=O)Cc3ccc(Cl)cc3)c(CC3CCCCC3)n2)cc1. The number of ether oxygens (including phenoxy) is 1. The van der Waals surface area contributed by atoms with E-state index in [1.54, 1.807) is 25.4 Å². The van der Waals surface area contributed by atoms with Crippen LogP contribution >= 0.6 is 11.6 Å². The maximum Gasteiger partial charge on any atom is 0.229 e. The van der Waals surface area contributed by atoms with Crippen molar-refractivity contribution in [3.05, 3.63) is 71.0 Å². The maximum atomic E-state index is 12.7. The molecular weight excluding hydrogens is 422 g/mol. The molecule has 4 rings (SSSR count). The Labute approximate surface area is 194 Å². The van der Waals surface area contributed by atoms with Gasteiger partial charge >= 0.3 is 0 Å². The van der Waals surface area contributed by atoms with Crippen LogP contribution < -0.4 is 10.1 Å². The lowest BCUT2D eigenvalue weighted by Crippen LogP contribution is -2.19. The number of methoxy groups -OCH3 is 1. The molecule has 0 radical (unpaired) electrons. The summed E-state index contributed by atoms with van der Waals surface area (Å²) in [6, 6.07) is 15.1. The van der Waals surface area contributed by atoms with Gasteiger partial charge in [0.15, 0.2) is 5.82 Å². The summed E-state index contributed by atoms with van der Waals surface area (Å²) < 4.78 is 5.26. The van der Waals surface area contributed by atoms with Crippen LogP contribution in [-0.4, -0.2) is 23.0 Å². The third-order valence-electron chi connectivity index (χ3n) is 5.97. The Balaban J connectivity index is 1.56. The lowest BCUT2D eigenvalue weighted by atomic mass is 9.86. The molecule has 1 aromatic heterocycles. The number of carbonyl (C=O) groups excluding carboxylic acids is 1. The Bertz CT molecular complexity index is 1050. The van der Waals surface area contributed by atoms with E-state index < -0.39 is 0 Å². The molecule has 166 valence electrons. The summed E-state index contributed by atoms with van der Waals surface area (Å²) in [6.45, 7) is 0. The van der Waals surface area contributed by atoms with Crippen LogP contribution in [0.15, 0.2) is 54.7 Å². The highest BCUT2D eigenvalue weighted by Gasteiger charge is 2.19. The van der Waals surface area contributed by atoms with Crippen LogP contribution in [-0.2, 0) is 17.6 Å². The van der Waals surface area contributed by atoms with Gasteiger partial charge in [-0.15, -0.1) is 0 Å². The minimum atomic E-state index is -0.108. The first kappa shape index (κ1) is 22.3. The predicted octanol–water partition coefficient (Wildman–Crippen LogP) is 6.11. The van der Waals surface area contributed by atoms with Crippen molar-refractivity contribution in [3.8, 4) is 17.0 Å². The molecule has 0 unspecified atom stereocenters. The zero-order chi connectivity index (χ0) is 22.3. The highest BCUT2D eigenvalue weighted by atomic mass is 35.5. The van der Waals surface area contributed by atoms with E-state index >= 15 is 0 Å². The van der Waals surface area contributed by atoms with Crippen molar-refractivity contribution in [2.75, 3.05) is 12.4 Å². The van der Waals surface area contributed by atoms with Crippen LogP contribution in [0, 0.1) is 5.92 Å². The van der Waals surface area contributed by atoms with Gasteiger partial charge in [-0.3, -0.25) is 4.79 Å².